The molecule has 14 heavy (non-hydrogen) atoms. The summed E-state index contributed by atoms with van der Waals surface area (Å²) in [5, 5.41) is 10.6. The summed E-state index contributed by atoms with van der Waals surface area (Å²) in [6.07, 6.45) is 0. The quantitative estimate of drug-likeness (QED) is 0.822. The predicted octanol–water partition coefficient (Wildman–Crippen LogP) is 1.11. The number of halogens is 1. The number of hydrogen-bond donors (Lipinski definition) is 2. The van der Waals surface area contributed by atoms with Crippen LogP contribution in [-0.2, 0) is 4.79 Å². The molecule has 4 nitrogen and oxygen atoms in total. The molecule has 1 amide bonds. The van der Waals surface area contributed by atoms with E-state index in [1.165, 1.54) is 0 Å². The molecule has 1 aromatic carbocycles. The molecule has 74 valence electrons. The first-order valence-electron chi connectivity index (χ1n) is 3.85. The zero-order valence-corrected chi connectivity index (χ0v) is 9.32. The fourth-order valence-corrected chi connectivity index (χ4v) is 1.43. The molecule has 0 radical (unpaired) electrons. The SMILES string of the molecule is O=C(O)CNC(=O)c1cccc([125I])c1. The normalized spacial score (nSPS) is 9.50. The number of benzene rings is 1. The Bertz CT molecular complexity index is 365. The van der Waals surface area contributed by atoms with Crippen LogP contribution in [0.3, 0.4) is 0 Å². The van der Waals surface area contributed by atoms with Crippen LogP contribution in [0.2, 0.25) is 0 Å². The van der Waals surface area contributed by atoms with Gasteiger partial charge in [-0.1, -0.05) is 6.07 Å². The van der Waals surface area contributed by atoms with E-state index in [2.05, 4.69) is 27.9 Å². The third kappa shape index (κ3) is 3.33. The second-order valence-electron chi connectivity index (χ2n) is 2.59. The Balaban J connectivity index is 2.65. The largest absolute Gasteiger partial charge is 0.480 e. The minimum atomic E-state index is -1.05. The fourth-order valence-electron chi connectivity index (χ4n) is 0.888. The number of carbonyl (C=O) groups is 2. The molecule has 0 atom stereocenters. The lowest BCUT2D eigenvalue weighted by atomic mass is 10.2. The number of nitrogens with one attached hydrogen (secondary N) is 1. The second-order valence-corrected chi connectivity index (χ2v) is 3.83. The Hall–Kier alpha value is -1.11. The Morgan fingerprint density at radius 3 is 2.71 bits per heavy atom. The maximum absolute atomic E-state index is 11.3. The lowest BCUT2D eigenvalue weighted by Gasteiger charge is -2.02. The average molecular weight is 303 g/mol. The van der Waals surface area contributed by atoms with Gasteiger partial charge in [0.1, 0.15) is 6.54 Å². The lowest BCUT2D eigenvalue weighted by molar-refractivity contribution is -0.135. The van der Waals surface area contributed by atoms with Gasteiger partial charge in [-0.3, -0.25) is 9.59 Å². The van der Waals surface area contributed by atoms with E-state index in [1.54, 1.807) is 18.2 Å². The van der Waals surface area contributed by atoms with Crippen LogP contribution in [-0.4, -0.2) is 23.5 Å². The van der Waals surface area contributed by atoms with E-state index >= 15 is 0 Å². The first kappa shape index (κ1) is 11.0. The summed E-state index contributed by atoms with van der Waals surface area (Å²) in [7, 11) is 0. The highest BCUT2D eigenvalue weighted by molar-refractivity contribution is 14.1. The van der Waals surface area contributed by atoms with Crippen molar-refractivity contribution in [3.8, 4) is 0 Å². The lowest BCUT2D eigenvalue weighted by Crippen LogP contribution is -2.29. The predicted molar refractivity (Wildman–Crippen MR) is 59.1 cm³/mol. The minimum absolute atomic E-state index is 0.357. The number of carboxylic acids is 1. The molecule has 0 aromatic heterocycles. The van der Waals surface area contributed by atoms with Gasteiger partial charge in [-0.05, 0) is 40.8 Å². The van der Waals surface area contributed by atoms with Crippen molar-refractivity contribution in [2.45, 2.75) is 0 Å². The number of carbonyl (C=O) groups excluding carboxylic acids is 1. The maximum Gasteiger partial charge on any atom is 0.322 e. The van der Waals surface area contributed by atoms with Gasteiger partial charge in [0.05, 0.1) is 0 Å². The van der Waals surface area contributed by atoms with Gasteiger partial charge in [0.2, 0.25) is 0 Å². The van der Waals surface area contributed by atoms with Crippen molar-refractivity contribution in [1.29, 1.82) is 0 Å². The number of rotatable bonds is 3. The minimum Gasteiger partial charge on any atom is -0.480 e. The molecule has 0 heterocycles. The van der Waals surface area contributed by atoms with Crippen LogP contribution in [0.4, 0.5) is 0 Å². The van der Waals surface area contributed by atoms with E-state index in [4.69, 9.17) is 5.11 Å². The molecule has 0 spiro atoms. The highest BCUT2D eigenvalue weighted by Crippen LogP contribution is 2.07. The zero-order valence-electron chi connectivity index (χ0n) is 7.16. The van der Waals surface area contributed by atoms with Gasteiger partial charge in [0.25, 0.3) is 5.91 Å². The molecule has 0 aliphatic heterocycles. The van der Waals surface area contributed by atoms with E-state index in [-0.39, 0.29) is 12.5 Å². The third-order valence-corrected chi connectivity index (χ3v) is 2.16. The number of carboxylic acid groups (broad SMARTS) is 1. The molecule has 1 rings (SSSR count). The molecule has 0 aliphatic carbocycles. The summed E-state index contributed by atoms with van der Waals surface area (Å²) >= 11 is 2.08. The van der Waals surface area contributed by atoms with E-state index < -0.39 is 5.97 Å². The van der Waals surface area contributed by atoms with Crippen LogP contribution in [0.5, 0.6) is 0 Å². The molecule has 0 fully saturated rings. The molecule has 0 saturated heterocycles. The summed E-state index contributed by atoms with van der Waals surface area (Å²) in [4.78, 5) is 21.5. The molecule has 0 unspecified atom stereocenters. The van der Waals surface area contributed by atoms with Gasteiger partial charge in [-0.2, -0.15) is 0 Å². The molecular formula is C9H8INO3. The van der Waals surface area contributed by atoms with Crippen LogP contribution < -0.4 is 5.32 Å². The third-order valence-electron chi connectivity index (χ3n) is 1.49. The number of aliphatic carboxylic acids is 1. The topological polar surface area (TPSA) is 66.4 Å². The van der Waals surface area contributed by atoms with E-state index in [9.17, 15) is 9.59 Å². The van der Waals surface area contributed by atoms with Crippen molar-refractivity contribution >= 4 is 34.5 Å². The smallest absolute Gasteiger partial charge is 0.322 e. The highest BCUT2D eigenvalue weighted by Gasteiger charge is 2.06. The Labute approximate surface area is 94.5 Å². The van der Waals surface area contributed by atoms with Crippen LogP contribution in [0.15, 0.2) is 24.3 Å². The van der Waals surface area contributed by atoms with Crippen molar-refractivity contribution in [1.82, 2.24) is 5.32 Å². The Morgan fingerprint density at radius 2 is 2.14 bits per heavy atom. The van der Waals surface area contributed by atoms with E-state index in [0.29, 0.717) is 5.56 Å². The first-order chi connectivity index (χ1) is 6.59. The standard InChI is InChI=1S/C9H8INO3/c10-7-3-1-2-6(4-7)9(14)11-5-8(12)13/h1-4H,5H2,(H,11,14)(H,12,13)/i10-2. The van der Waals surface area contributed by atoms with Crippen molar-refractivity contribution in [3.05, 3.63) is 33.4 Å². The molecular weight excluding hydrogens is 295 g/mol. The van der Waals surface area contributed by atoms with Crippen molar-refractivity contribution in [2.75, 3.05) is 6.54 Å². The first-order valence-corrected chi connectivity index (χ1v) is 4.93. The van der Waals surface area contributed by atoms with Gasteiger partial charge in [-0.15, -0.1) is 0 Å². The summed E-state index contributed by atoms with van der Waals surface area (Å²) in [6, 6.07) is 6.93. The van der Waals surface area contributed by atoms with Gasteiger partial charge in [0, 0.05) is 9.13 Å². The maximum atomic E-state index is 11.3. The van der Waals surface area contributed by atoms with Gasteiger partial charge in [0.15, 0.2) is 0 Å². The van der Waals surface area contributed by atoms with Gasteiger partial charge < -0.3 is 10.4 Å². The Morgan fingerprint density at radius 1 is 1.43 bits per heavy atom. The monoisotopic (exact) mass is 303 g/mol. The van der Waals surface area contributed by atoms with Crippen molar-refractivity contribution in [2.24, 2.45) is 0 Å². The molecule has 5 heteroatoms. The summed E-state index contributed by atoms with van der Waals surface area (Å²) < 4.78 is 0.936. The Kier molecular flexibility index (Phi) is 3.87. The summed E-state index contributed by atoms with van der Waals surface area (Å²) in [5.41, 5.74) is 0.471. The molecule has 0 saturated carbocycles. The average Bonchev–Trinajstić information content (AvgIpc) is 2.14. The number of amides is 1. The van der Waals surface area contributed by atoms with Crippen molar-refractivity contribution < 1.29 is 14.7 Å². The summed E-state index contributed by atoms with van der Waals surface area (Å²) in [6.45, 7) is -0.357. The zero-order chi connectivity index (χ0) is 10.6. The molecule has 1 aromatic rings. The van der Waals surface area contributed by atoms with E-state index in [1.807, 2.05) is 6.07 Å². The second kappa shape index (κ2) is 4.94. The fraction of sp³-hybridized carbons (Fsp3) is 0.111. The molecule has 0 aliphatic rings. The van der Waals surface area contributed by atoms with Crippen LogP contribution in [0, 0.1) is 3.57 Å². The van der Waals surface area contributed by atoms with Crippen molar-refractivity contribution in [3.63, 3.8) is 0 Å². The van der Waals surface area contributed by atoms with Gasteiger partial charge in [-0.25, -0.2) is 0 Å². The van der Waals surface area contributed by atoms with Crippen LogP contribution in [0.25, 0.3) is 0 Å². The van der Waals surface area contributed by atoms with Crippen LogP contribution >= 0.6 is 22.6 Å². The molecule has 0 bridgehead atoms. The highest BCUT2D eigenvalue weighted by atomic mass is 125. The van der Waals surface area contributed by atoms with Gasteiger partial charge >= 0.3 is 5.97 Å². The van der Waals surface area contributed by atoms with E-state index in [0.717, 1.165) is 3.57 Å². The number of hydrogen-bond acceptors (Lipinski definition) is 2. The summed E-state index contributed by atoms with van der Waals surface area (Å²) in [5.74, 6) is -1.42. The van der Waals surface area contributed by atoms with Crippen LogP contribution in [0.1, 0.15) is 10.4 Å². The molecule has 2 N–H and O–H groups in total.